The molecule has 0 bridgehead atoms. The fourth-order valence-corrected chi connectivity index (χ4v) is 2.76. The number of phenols is 2. The van der Waals surface area contributed by atoms with Crippen LogP contribution in [0.1, 0.15) is 35.3 Å². The van der Waals surface area contributed by atoms with Crippen LogP contribution in [-0.4, -0.2) is 27.5 Å². The smallest absolute Gasteiger partial charge is 0.271 e. The predicted molar refractivity (Wildman–Crippen MR) is 118 cm³/mol. The number of anilines is 1. The van der Waals surface area contributed by atoms with Gasteiger partial charge in [0, 0.05) is 16.7 Å². The van der Waals surface area contributed by atoms with Gasteiger partial charge in [-0.3, -0.25) is 10.2 Å². The standard InChI is InChI=1S/C23H22N4O3/c1-15(19-10-3-5-12-21(19)28)24-26-18-9-7-8-17(14-18)23(30)27-25-16(2)20-11-4-6-13-22(20)29/h3-14,26,28-29H,1-2H3,(H,27,30)/b24-15+,25-16+. The monoisotopic (exact) mass is 402 g/mol. The quantitative estimate of drug-likeness (QED) is 0.368. The van der Waals surface area contributed by atoms with Crippen molar-refractivity contribution in [2.75, 3.05) is 5.43 Å². The first-order chi connectivity index (χ1) is 14.5. The number of carbonyl (C=O) groups excluding carboxylic acids is 1. The normalized spacial score (nSPS) is 11.8. The predicted octanol–water partition coefficient (Wildman–Crippen LogP) is 4.09. The molecule has 1 amide bonds. The number of para-hydroxylation sites is 2. The molecule has 0 spiro atoms. The Morgan fingerprint density at radius 2 is 1.33 bits per heavy atom. The number of rotatable bonds is 6. The third-order valence-corrected chi connectivity index (χ3v) is 4.39. The second-order valence-electron chi connectivity index (χ2n) is 6.56. The zero-order chi connectivity index (χ0) is 21.5. The molecule has 0 radical (unpaired) electrons. The highest BCUT2D eigenvalue weighted by molar-refractivity contribution is 6.03. The van der Waals surface area contributed by atoms with E-state index in [2.05, 4.69) is 21.1 Å². The highest BCUT2D eigenvalue weighted by atomic mass is 16.3. The van der Waals surface area contributed by atoms with Gasteiger partial charge in [0.25, 0.3) is 5.91 Å². The van der Waals surface area contributed by atoms with Crippen molar-refractivity contribution in [3.05, 3.63) is 89.5 Å². The topological polar surface area (TPSA) is 106 Å². The molecule has 3 aromatic rings. The van der Waals surface area contributed by atoms with Gasteiger partial charge >= 0.3 is 0 Å². The van der Waals surface area contributed by atoms with E-state index in [4.69, 9.17) is 0 Å². The lowest BCUT2D eigenvalue weighted by molar-refractivity contribution is 0.0955. The summed E-state index contributed by atoms with van der Waals surface area (Å²) in [6, 6.07) is 20.5. The molecule has 3 aromatic carbocycles. The minimum absolute atomic E-state index is 0.0943. The molecule has 0 fully saturated rings. The van der Waals surface area contributed by atoms with Crippen LogP contribution in [0.2, 0.25) is 0 Å². The van der Waals surface area contributed by atoms with Crippen LogP contribution in [0.5, 0.6) is 11.5 Å². The molecule has 30 heavy (non-hydrogen) atoms. The zero-order valence-corrected chi connectivity index (χ0v) is 16.6. The lowest BCUT2D eigenvalue weighted by atomic mass is 10.1. The van der Waals surface area contributed by atoms with Crippen molar-refractivity contribution in [2.24, 2.45) is 10.2 Å². The highest BCUT2D eigenvalue weighted by Crippen LogP contribution is 2.18. The summed E-state index contributed by atoms with van der Waals surface area (Å²) in [6.45, 7) is 3.47. The van der Waals surface area contributed by atoms with Gasteiger partial charge in [0.05, 0.1) is 17.1 Å². The third-order valence-electron chi connectivity index (χ3n) is 4.39. The van der Waals surface area contributed by atoms with E-state index in [1.807, 2.05) is 6.07 Å². The van der Waals surface area contributed by atoms with E-state index in [1.54, 1.807) is 80.6 Å². The Bertz CT molecular complexity index is 1120. The van der Waals surface area contributed by atoms with Gasteiger partial charge in [-0.2, -0.15) is 10.2 Å². The summed E-state index contributed by atoms with van der Waals surface area (Å²) in [4.78, 5) is 12.4. The number of phenolic OH excluding ortho intramolecular Hbond substituents is 2. The van der Waals surface area contributed by atoms with Crippen LogP contribution < -0.4 is 10.9 Å². The first kappa shape index (κ1) is 20.6. The molecular weight excluding hydrogens is 380 g/mol. The highest BCUT2D eigenvalue weighted by Gasteiger charge is 2.08. The average molecular weight is 402 g/mol. The number of hydrogen-bond acceptors (Lipinski definition) is 6. The summed E-state index contributed by atoms with van der Waals surface area (Å²) in [7, 11) is 0. The van der Waals surface area contributed by atoms with Gasteiger partial charge in [-0.25, -0.2) is 5.43 Å². The van der Waals surface area contributed by atoms with E-state index < -0.39 is 5.91 Å². The lowest BCUT2D eigenvalue weighted by Crippen LogP contribution is -2.19. The van der Waals surface area contributed by atoms with Crippen molar-refractivity contribution in [1.29, 1.82) is 0 Å². The minimum atomic E-state index is -0.394. The van der Waals surface area contributed by atoms with Crippen molar-refractivity contribution in [3.63, 3.8) is 0 Å². The van der Waals surface area contributed by atoms with Crippen molar-refractivity contribution in [1.82, 2.24) is 5.43 Å². The Morgan fingerprint density at radius 3 is 1.93 bits per heavy atom. The molecule has 4 N–H and O–H groups in total. The summed E-state index contributed by atoms with van der Waals surface area (Å²) in [5.74, 6) is -0.155. The summed E-state index contributed by atoms with van der Waals surface area (Å²) < 4.78 is 0. The fourth-order valence-electron chi connectivity index (χ4n) is 2.76. The number of hydrogen-bond donors (Lipinski definition) is 4. The maximum atomic E-state index is 12.4. The Morgan fingerprint density at radius 1 is 0.767 bits per heavy atom. The van der Waals surface area contributed by atoms with Gasteiger partial charge in [0.15, 0.2) is 0 Å². The zero-order valence-electron chi connectivity index (χ0n) is 16.6. The van der Waals surface area contributed by atoms with E-state index in [0.29, 0.717) is 33.8 Å². The number of amides is 1. The molecule has 0 aromatic heterocycles. The number of hydrazone groups is 2. The maximum absolute atomic E-state index is 12.4. The second kappa shape index (κ2) is 9.38. The number of benzene rings is 3. The molecule has 0 aliphatic rings. The molecule has 0 saturated heterocycles. The Labute approximate surface area is 174 Å². The van der Waals surface area contributed by atoms with Crippen LogP contribution in [-0.2, 0) is 0 Å². The van der Waals surface area contributed by atoms with Crippen LogP contribution in [0, 0.1) is 0 Å². The van der Waals surface area contributed by atoms with E-state index in [9.17, 15) is 15.0 Å². The van der Waals surface area contributed by atoms with Gasteiger partial charge in [0.2, 0.25) is 0 Å². The average Bonchev–Trinajstić information content (AvgIpc) is 2.76. The molecule has 0 aliphatic carbocycles. The number of nitrogens with zero attached hydrogens (tertiary/aromatic N) is 2. The van der Waals surface area contributed by atoms with Gasteiger partial charge < -0.3 is 10.2 Å². The van der Waals surface area contributed by atoms with Crippen LogP contribution in [0.4, 0.5) is 5.69 Å². The molecule has 0 heterocycles. The van der Waals surface area contributed by atoms with Gasteiger partial charge in [-0.05, 0) is 56.3 Å². The molecular formula is C23H22N4O3. The summed E-state index contributed by atoms with van der Waals surface area (Å²) in [5, 5.41) is 28.1. The Kier molecular flexibility index (Phi) is 6.44. The third kappa shape index (κ3) is 5.02. The van der Waals surface area contributed by atoms with Crippen molar-refractivity contribution >= 4 is 23.0 Å². The van der Waals surface area contributed by atoms with Crippen LogP contribution in [0.15, 0.2) is 83.0 Å². The first-order valence-corrected chi connectivity index (χ1v) is 9.27. The van der Waals surface area contributed by atoms with Crippen LogP contribution >= 0.6 is 0 Å². The largest absolute Gasteiger partial charge is 0.507 e. The van der Waals surface area contributed by atoms with Crippen LogP contribution in [0.3, 0.4) is 0 Å². The lowest BCUT2D eigenvalue weighted by Gasteiger charge is -2.07. The molecule has 0 unspecified atom stereocenters. The summed E-state index contributed by atoms with van der Waals surface area (Å²) in [5.41, 5.74) is 8.64. The second-order valence-corrected chi connectivity index (χ2v) is 6.56. The van der Waals surface area contributed by atoms with Gasteiger partial charge in [-0.1, -0.05) is 30.3 Å². The number of nitrogens with one attached hydrogen (secondary N) is 2. The summed E-state index contributed by atoms with van der Waals surface area (Å²) >= 11 is 0. The van der Waals surface area contributed by atoms with Crippen molar-refractivity contribution in [3.8, 4) is 11.5 Å². The van der Waals surface area contributed by atoms with E-state index in [-0.39, 0.29) is 11.5 Å². The molecule has 7 heteroatoms. The van der Waals surface area contributed by atoms with Gasteiger partial charge in [-0.15, -0.1) is 0 Å². The van der Waals surface area contributed by atoms with E-state index in [1.165, 1.54) is 0 Å². The molecule has 0 aliphatic heterocycles. The molecule has 0 saturated carbocycles. The first-order valence-electron chi connectivity index (χ1n) is 9.27. The van der Waals surface area contributed by atoms with E-state index in [0.717, 1.165) is 0 Å². The van der Waals surface area contributed by atoms with E-state index >= 15 is 0 Å². The minimum Gasteiger partial charge on any atom is -0.507 e. The fraction of sp³-hybridized carbons (Fsp3) is 0.0870. The van der Waals surface area contributed by atoms with Crippen molar-refractivity contribution < 1.29 is 15.0 Å². The molecule has 152 valence electrons. The molecule has 7 nitrogen and oxygen atoms in total. The summed E-state index contributed by atoms with van der Waals surface area (Å²) in [6.07, 6.45) is 0. The molecule has 3 rings (SSSR count). The maximum Gasteiger partial charge on any atom is 0.271 e. The number of aromatic hydroxyl groups is 2. The Balaban J connectivity index is 1.70. The Hall–Kier alpha value is -4.13. The van der Waals surface area contributed by atoms with Crippen molar-refractivity contribution in [2.45, 2.75) is 13.8 Å². The van der Waals surface area contributed by atoms with Crippen LogP contribution in [0.25, 0.3) is 0 Å². The SMILES string of the molecule is C/C(=N\NC(=O)c1cccc(N/N=C(\C)c2ccccc2O)c1)c1ccccc1O. The van der Waals surface area contributed by atoms with Gasteiger partial charge in [0.1, 0.15) is 11.5 Å². The number of carbonyl (C=O) groups is 1. The molecule has 0 atom stereocenters.